The van der Waals surface area contributed by atoms with E-state index in [1.54, 1.807) is 6.20 Å². The first-order chi connectivity index (χ1) is 17.9. The van der Waals surface area contributed by atoms with Crippen LogP contribution in [0, 0.1) is 5.92 Å². The summed E-state index contributed by atoms with van der Waals surface area (Å²) in [5, 5.41) is 3.79. The molecule has 1 N–H and O–H groups in total. The van der Waals surface area contributed by atoms with Gasteiger partial charge in [0.2, 0.25) is 11.8 Å². The Labute approximate surface area is 221 Å². The van der Waals surface area contributed by atoms with Crippen LogP contribution >= 0.6 is 11.6 Å². The van der Waals surface area contributed by atoms with Gasteiger partial charge in [-0.25, -0.2) is 4.98 Å². The van der Waals surface area contributed by atoms with E-state index in [0.717, 1.165) is 33.6 Å². The number of halogens is 1. The molecule has 1 aromatic carbocycles. The lowest BCUT2D eigenvalue weighted by Crippen LogP contribution is -2.49. The largest absolute Gasteiger partial charge is 0.468 e. The SMILES string of the molecule is C=C1Nc2ncccc2C2(CCN(C(=O)C[C@@H]3Cc4cc(Cl)c5c(c4CN(CC)C3=O)C=NC5)CC2)O1. The summed E-state index contributed by atoms with van der Waals surface area (Å²) < 4.78 is 6.20. The van der Waals surface area contributed by atoms with E-state index in [9.17, 15) is 9.59 Å². The van der Waals surface area contributed by atoms with Gasteiger partial charge < -0.3 is 19.9 Å². The van der Waals surface area contributed by atoms with Gasteiger partial charge >= 0.3 is 0 Å². The first-order valence-corrected chi connectivity index (χ1v) is 13.3. The van der Waals surface area contributed by atoms with Gasteiger partial charge in [0, 0.05) is 79.6 Å². The smallest absolute Gasteiger partial charge is 0.226 e. The standard InChI is InChI=1S/C28H30ClN5O3/c1-3-33-16-22-18(12-24(29)21-15-30-14-20(21)22)11-19(27(33)36)13-25(35)34-9-6-28(7-10-34)23-5-4-8-31-26(23)32-17(2)37-28/h4-5,8,12,14,19H,2-3,6-7,9-11,13,15-16H2,1H3,(H,31,32)/t19-/m0/s1. The van der Waals surface area contributed by atoms with E-state index < -0.39 is 11.5 Å². The van der Waals surface area contributed by atoms with Crippen molar-refractivity contribution >= 4 is 35.4 Å². The van der Waals surface area contributed by atoms with E-state index in [0.29, 0.717) is 62.9 Å². The van der Waals surface area contributed by atoms with Crippen molar-refractivity contribution in [3.8, 4) is 0 Å². The molecule has 192 valence electrons. The van der Waals surface area contributed by atoms with Gasteiger partial charge in [0.05, 0.1) is 12.5 Å². The summed E-state index contributed by atoms with van der Waals surface area (Å²) in [6, 6.07) is 5.90. The molecule has 0 unspecified atom stereocenters. The van der Waals surface area contributed by atoms with Gasteiger partial charge in [0.15, 0.2) is 5.88 Å². The Hall–Kier alpha value is -3.39. The van der Waals surface area contributed by atoms with Crippen LogP contribution in [0.2, 0.25) is 5.02 Å². The number of anilines is 1. The van der Waals surface area contributed by atoms with Gasteiger partial charge in [-0.2, -0.15) is 0 Å². The number of pyridine rings is 1. The monoisotopic (exact) mass is 519 g/mol. The zero-order valence-corrected chi connectivity index (χ0v) is 21.7. The second-order valence-corrected chi connectivity index (χ2v) is 10.6. The Balaban J connectivity index is 1.20. The summed E-state index contributed by atoms with van der Waals surface area (Å²) in [5.74, 6) is 0.843. The molecule has 5 heterocycles. The molecule has 1 fully saturated rings. The number of nitrogens with zero attached hydrogens (tertiary/aromatic N) is 4. The Morgan fingerprint density at radius 2 is 2.14 bits per heavy atom. The summed E-state index contributed by atoms with van der Waals surface area (Å²) in [4.78, 5) is 39.6. The number of rotatable bonds is 3. The van der Waals surface area contributed by atoms with E-state index in [2.05, 4.69) is 21.9 Å². The molecule has 2 amide bonds. The van der Waals surface area contributed by atoms with E-state index >= 15 is 0 Å². The number of piperidine rings is 1. The molecular weight excluding hydrogens is 490 g/mol. The molecule has 0 radical (unpaired) electrons. The Kier molecular flexibility index (Phi) is 5.94. The molecular formula is C28H30ClN5O3. The maximum atomic E-state index is 13.5. The van der Waals surface area contributed by atoms with E-state index in [1.165, 1.54) is 0 Å². The first kappa shape index (κ1) is 24.0. The number of ether oxygens (including phenoxy) is 1. The van der Waals surface area contributed by atoms with Crippen LogP contribution in [-0.4, -0.2) is 52.4 Å². The van der Waals surface area contributed by atoms with Crippen LogP contribution in [0.15, 0.2) is 41.9 Å². The second-order valence-electron chi connectivity index (χ2n) is 10.2. The molecule has 37 heavy (non-hydrogen) atoms. The molecule has 1 saturated heterocycles. The number of likely N-dealkylation sites (tertiary alicyclic amines) is 1. The molecule has 6 rings (SSSR count). The first-order valence-electron chi connectivity index (χ1n) is 12.9. The number of aromatic nitrogens is 1. The minimum atomic E-state index is -0.544. The molecule has 0 saturated carbocycles. The third kappa shape index (κ3) is 4.07. The van der Waals surface area contributed by atoms with E-state index in [1.807, 2.05) is 41.1 Å². The Morgan fingerprint density at radius 3 is 2.92 bits per heavy atom. The van der Waals surface area contributed by atoms with Gasteiger partial charge in [-0.1, -0.05) is 11.6 Å². The maximum Gasteiger partial charge on any atom is 0.226 e. The summed E-state index contributed by atoms with van der Waals surface area (Å²) in [6.45, 7) is 8.72. The fourth-order valence-electron chi connectivity index (χ4n) is 6.18. The minimum Gasteiger partial charge on any atom is -0.468 e. The zero-order chi connectivity index (χ0) is 25.7. The highest BCUT2D eigenvalue weighted by Crippen LogP contribution is 2.44. The fourth-order valence-corrected chi connectivity index (χ4v) is 6.47. The molecule has 0 aliphatic carbocycles. The van der Waals surface area contributed by atoms with Crippen molar-refractivity contribution in [3.05, 3.63) is 69.7 Å². The van der Waals surface area contributed by atoms with Crippen molar-refractivity contribution in [1.29, 1.82) is 0 Å². The van der Waals surface area contributed by atoms with E-state index in [-0.39, 0.29) is 18.2 Å². The number of hydrogen-bond acceptors (Lipinski definition) is 6. The van der Waals surface area contributed by atoms with E-state index in [4.69, 9.17) is 16.3 Å². The lowest BCUT2D eigenvalue weighted by Gasteiger charge is -2.45. The zero-order valence-electron chi connectivity index (χ0n) is 20.9. The molecule has 1 aromatic heterocycles. The van der Waals surface area contributed by atoms with Gasteiger partial charge in [0.1, 0.15) is 11.4 Å². The number of benzene rings is 1. The Morgan fingerprint density at radius 1 is 1.32 bits per heavy atom. The number of aliphatic imine (C=N–C) groups is 1. The number of hydrogen-bond donors (Lipinski definition) is 1. The third-order valence-electron chi connectivity index (χ3n) is 8.17. The molecule has 4 aliphatic rings. The van der Waals surface area contributed by atoms with Crippen molar-refractivity contribution in [1.82, 2.24) is 14.8 Å². The normalized spacial score (nSPS) is 21.6. The lowest BCUT2D eigenvalue weighted by molar-refractivity contribution is -0.144. The van der Waals surface area contributed by atoms with Crippen molar-refractivity contribution < 1.29 is 14.3 Å². The fraction of sp³-hybridized carbons (Fsp3) is 0.429. The molecule has 2 aromatic rings. The van der Waals surface area contributed by atoms with Gasteiger partial charge in [-0.05, 0) is 49.2 Å². The number of nitrogens with one attached hydrogen (secondary N) is 1. The molecule has 1 spiro atoms. The van der Waals surface area contributed by atoms with Gasteiger partial charge in [-0.3, -0.25) is 14.6 Å². The van der Waals surface area contributed by atoms with Crippen LogP contribution in [-0.2, 0) is 39.4 Å². The molecule has 8 nitrogen and oxygen atoms in total. The number of fused-ring (bicyclic) bond motifs is 5. The van der Waals surface area contributed by atoms with Gasteiger partial charge in [-0.15, -0.1) is 0 Å². The van der Waals surface area contributed by atoms with Gasteiger partial charge in [0.25, 0.3) is 0 Å². The predicted molar refractivity (Wildman–Crippen MR) is 141 cm³/mol. The summed E-state index contributed by atoms with van der Waals surface area (Å²) in [6.07, 6.45) is 5.58. The summed E-state index contributed by atoms with van der Waals surface area (Å²) >= 11 is 6.58. The molecule has 9 heteroatoms. The Bertz CT molecular complexity index is 1330. The molecule has 4 aliphatic heterocycles. The highest BCUT2D eigenvalue weighted by atomic mass is 35.5. The van der Waals surface area contributed by atoms with Crippen LogP contribution in [0.1, 0.15) is 54.0 Å². The van der Waals surface area contributed by atoms with Crippen molar-refractivity contribution in [2.24, 2.45) is 10.9 Å². The summed E-state index contributed by atoms with van der Waals surface area (Å²) in [7, 11) is 0. The number of amides is 2. The van der Waals surface area contributed by atoms with Crippen LogP contribution < -0.4 is 5.32 Å². The summed E-state index contributed by atoms with van der Waals surface area (Å²) in [5.41, 5.74) is 4.68. The highest BCUT2D eigenvalue weighted by molar-refractivity contribution is 6.32. The third-order valence-corrected chi connectivity index (χ3v) is 8.51. The quantitative estimate of drug-likeness (QED) is 0.662. The number of carbonyl (C=O) groups is 2. The number of carbonyl (C=O) groups excluding carboxylic acids is 2. The average Bonchev–Trinajstić information content (AvgIpc) is 3.34. The topological polar surface area (TPSA) is 87.1 Å². The van der Waals surface area contributed by atoms with Crippen LogP contribution in [0.4, 0.5) is 5.82 Å². The van der Waals surface area contributed by atoms with Crippen LogP contribution in [0.3, 0.4) is 0 Å². The highest BCUT2D eigenvalue weighted by Gasteiger charge is 2.44. The van der Waals surface area contributed by atoms with Crippen LogP contribution in [0.5, 0.6) is 0 Å². The lowest BCUT2D eigenvalue weighted by atomic mass is 9.83. The van der Waals surface area contributed by atoms with Crippen molar-refractivity contribution in [3.63, 3.8) is 0 Å². The predicted octanol–water partition coefficient (Wildman–Crippen LogP) is 4.01. The average molecular weight is 520 g/mol. The minimum absolute atomic E-state index is 0.000642. The maximum absolute atomic E-state index is 13.5. The molecule has 1 atom stereocenters. The molecule has 0 bridgehead atoms. The van der Waals surface area contributed by atoms with Crippen LogP contribution in [0.25, 0.3) is 0 Å². The van der Waals surface area contributed by atoms with Crippen molar-refractivity contribution in [2.75, 3.05) is 25.0 Å². The second kappa shape index (κ2) is 9.17. The van der Waals surface area contributed by atoms with Crippen molar-refractivity contribution in [2.45, 2.75) is 51.3 Å².